The number of carbonyl (C=O) groups is 8. The van der Waals surface area contributed by atoms with Crippen LogP contribution in [-0.4, -0.2) is 202 Å². The van der Waals surface area contributed by atoms with Crippen molar-refractivity contribution in [3.8, 4) is 49.4 Å². The predicted octanol–water partition coefficient (Wildman–Crippen LogP) is -0.174. The summed E-state index contributed by atoms with van der Waals surface area (Å²) in [6.45, 7) is 3.54. The molecule has 4 aromatic carbocycles. The highest BCUT2D eigenvalue weighted by Gasteiger charge is 2.50. The Hall–Kier alpha value is -8.34. The molecule has 3 aliphatic rings. The van der Waals surface area contributed by atoms with Gasteiger partial charge in [-0.05, 0) is 72.0 Å². The molecule has 5 aromatic rings. The number of β-amino-alcohol motifs (C(OH)–C–C–N with tert-alkyl or cyclic N) is 1. The van der Waals surface area contributed by atoms with Gasteiger partial charge in [0.15, 0.2) is 11.5 Å². The van der Waals surface area contributed by atoms with Crippen LogP contribution in [0.2, 0.25) is 0 Å². The van der Waals surface area contributed by atoms with Crippen molar-refractivity contribution in [1.29, 1.82) is 0 Å². The quantitative estimate of drug-likeness (QED) is 0.0221. The fourth-order valence-corrected chi connectivity index (χ4v) is 11.9. The minimum Gasteiger partial charge on any atom is -0.504 e. The van der Waals surface area contributed by atoms with E-state index in [1.54, 1.807) is 18.3 Å². The SMILES string of the molecule is CCCOc1ccc(-c2ccc(-c3ncc(-c4ccc(C(=O)N[C@H]5CC(O)CNC(=O)C6C(O)C(C)CN6C(=O)C(C(O)CC(N)=O)NC(=O)C(C(O)Cc6ccc(O)c(OSOOO)c6)NC(=O)C6CC(O)CN6C(=O)C(C(C)O)NC5=O)cc4)s3)cc2)cc1. The number of ether oxygens (including phenoxy) is 1. The van der Waals surface area contributed by atoms with Crippen molar-refractivity contribution < 1.29 is 97.7 Å². The average Bonchev–Trinajstić information content (AvgIpc) is 1.72. The lowest BCUT2D eigenvalue weighted by Gasteiger charge is -2.33. The molecule has 3 aliphatic heterocycles. The van der Waals surface area contributed by atoms with E-state index in [1.807, 2.05) is 55.5 Å². The number of aliphatic hydroxyl groups is 6. The number of thiazole rings is 1. The van der Waals surface area contributed by atoms with E-state index < -0.39 is 177 Å². The zero-order valence-electron chi connectivity index (χ0n) is 49.3. The summed E-state index contributed by atoms with van der Waals surface area (Å²) < 4.78 is 15.0. The average molecular weight is 1300 g/mol. The third-order valence-corrected chi connectivity index (χ3v) is 17.0. The van der Waals surface area contributed by atoms with Crippen molar-refractivity contribution in [2.24, 2.45) is 11.7 Å². The number of phenols is 1. The summed E-state index contributed by atoms with van der Waals surface area (Å²) in [7, 11) is 0. The van der Waals surface area contributed by atoms with Gasteiger partial charge in [-0.1, -0.05) is 77.8 Å². The van der Waals surface area contributed by atoms with Gasteiger partial charge in [0.2, 0.25) is 41.4 Å². The standard InChI is InChI=1S/C60H71N9O20S2/c1-4-19-86-39-16-14-33(15-17-39)32-6-12-36(13-7-32)58-63-26-46(90-58)34-8-10-35(11-9-34)53(78)64-40-22-37(71)25-62-57(82)51-52(77)29(2)27-69(51)60(84)50(44(75)24-47(61)76)67-56(81)49(43(74)20-31-5-18-42(73)45(21-31)87-91-89-88-85)66-55(80)41-23-38(72)28-68(41)59(83)48(30(3)70)65-54(40)79/h5-18,21,26,29-30,37-38,40-41,43-44,48-52,70-75,77,85H,4,19-20,22-25,27-28H2,1-3H3,(H2,61,76)(H,62,82)(H,64,78)(H,65,79)(H,66,80)(H,67,81)/t29?,30?,37?,38?,40-,41?,43?,44?,48?,49?,50?,51?,52?/m0/s1. The summed E-state index contributed by atoms with van der Waals surface area (Å²) in [6, 6.07) is 13.8. The summed E-state index contributed by atoms with van der Waals surface area (Å²) in [5, 5.41) is 103. The van der Waals surface area contributed by atoms with Gasteiger partial charge in [0, 0.05) is 62.1 Å². The Kier molecular flexibility index (Phi) is 23.4. The number of phenolic OH excluding ortho intramolecular Hbond substituents is 1. The second-order valence-corrected chi connectivity index (χ2v) is 23.8. The van der Waals surface area contributed by atoms with Crippen molar-refractivity contribution >= 4 is 70.9 Å². The summed E-state index contributed by atoms with van der Waals surface area (Å²) in [5.41, 5.74) is 9.10. The van der Waals surface area contributed by atoms with Crippen LogP contribution in [0.5, 0.6) is 17.2 Å². The monoisotopic (exact) mass is 1300 g/mol. The highest BCUT2D eigenvalue weighted by atomic mass is 32.2. The molecule has 0 bridgehead atoms. The Balaban J connectivity index is 1.07. The second-order valence-electron chi connectivity index (χ2n) is 22.3. The van der Waals surface area contributed by atoms with Crippen LogP contribution in [0.1, 0.15) is 62.4 Å². The summed E-state index contributed by atoms with van der Waals surface area (Å²) in [5.74, 6) is -10.3. The number of aliphatic hydroxyl groups excluding tert-OH is 6. The van der Waals surface area contributed by atoms with Crippen molar-refractivity contribution in [1.82, 2.24) is 41.4 Å². The number of amides is 8. The molecule has 0 spiro atoms. The van der Waals surface area contributed by atoms with E-state index in [4.69, 9.17) is 19.9 Å². The molecule has 0 saturated carbocycles. The molecule has 8 rings (SSSR count). The molecule has 91 heavy (non-hydrogen) atoms. The number of carbonyl (C=O) groups excluding carboxylic acids is 8. The second kappa shape index (κ2) is 31.1. The molecule has 0 aliphatic carbocycles. The van der Waals surface area contributed by atoms with Crippen molar-refractivity contribution in [2.75, 3.05) is 26.2 Å². The minimum atomic E-state index is -2.22. The molecule has 1 aromatic heterocycles. The smallest absolute Gasteiger partial charge is 0.261 e. The number of rotatable bonds is 19. The lowest BCUT2D eigenvalue weighted by atomic mass is 9.98. The lowest BCUT2D eigenvalue weighted by Crippen LogP contribution is -2.64. The minimum absolute atomic E-state index is 0.0283. The number of benzene rings is 4. The van der Waals surface area contributed by atoms with Gasteiger partial charge in [0.1, 0.15) is 47.0 Å². The zero-order chi connectivity index (χ0) is 65.8. The zero-order valence-corrected chi connectivity index (χ0v) is 51.0. The van der Waals surface area contributed by atoms with Crippen molar-refractivity contribution in [2.45, 2.75) is 126 Å². The van der Waals surface area contributed by atoms with E-state index in [1.165, 1.54) is 36.5 Å². The maximum Gasteiger partial charge on any atom is 0.261 e. The fourth-order valence-electron chi connectivity index (χ4n) is 10.8. The first kappa shape index (κ1) is 68.6. The van der Waals surface area contributed by atoms with Crippen LogP contribution >= 0.6 is 23.7 Å². The van der Waals surface area contributed by atoms with E-state index in [0.717, 1.165) is 67.6 Å². The third-order valence-electron chi connectivity index (χ3n) is 15.5. The van der Waals surface area contributed by atoms with Gasteiger partial charge < -0.3 is 86.8 Å². The molecule has 3 saturated heterocycles. The summed E-state index contributed by atoms with van der Waals surface area (Å²) >= 11 is 1.46. The first-order valence-electron chi connectivity index (χ1n) is 29.0. The van der Waals surface area contributed by atoms with Gasteiger partial charge >= 0.3 is 0 Å². The summed E-state index contributed by atoms with van der Waals surface area (Å²) in [4.78, 5) is 121. The van der Waals surface area contributed by atoms with E-state index in [0.29, 0.717) is 12.2 Å². The molecule has 8 amide bonds. The molecule has 31 heteroatoms. The van der Waals surface area contributed by atoms with E-state index in [2.05, 4.69) is 40.9 Å². The van der Waals surface area contributed by atoms with E-state index >= 15 is 0 Å². The maximum absolute atomic E-state index is 14.7. The lowest BCUT2D eigenvalue weighted by molar-refractivity contribution is -0.433. The van der Waals surface area contributed by atoms with Gasteiger partial charge in [-0.3, -0.25) is 38.4 Å². The van der Waals surface area contributed by atoms with Crippen molar-refractivity contribution in [3.05, 3.63) is 108 Å². The maximum atomic E-state index is 14.7. The molecule has 3 fully saturated rings. The highest BCUT2D eigenvalue weighted by Crippen LogP contribution is 2.35. The Labute approximate surface area is 529 Å². The first-order chi connectivity index (χ1) is 43.4. The van der Waals surface area contributed by atoms with Gasteiger partial charge in [0.05, 0.1) is 54.5 Å². The number of hydrogen-bond acceptors (Lipinski definition) is 23. The number of hydrogen-bond donors (Lipinski definition) is 14. The molecular weight excluding hydrogens is 1230 g/mol. The Morgan fingerprint density at radius 2 is 1.41 bits per heavy atom. The van der Waals surface area contributed by atoms with E-state index in [9.17, 15) is 74.1 Å². The first-order valence-corrected chi connectivity index (χ1v) is 30.4. The number of aromatic hydroxyl groups is 1. The molecule has 12 unspecified atom stereocenters. The molecule has 0 radical (unpaired) electrons. The molecule has 13 atom stereocenters. The normalized spacial score (nSPS) is 24.7. The van der Waals surface area contributed by atoms with Gasteiger partial charge in [-0.2, -0.15) is 0 Å². The topological polar surface area (TPSA) is 441 Å². The van der Waals surface area contributed by atoms with Crippen LogP contribution in [-0.2, 0) is 49.4 Å². The third kappa shape index (κ3) is 17.2. The number of nitrogens with one attached hydrogen (secondary N) is 5. The molecule has 488 valence electrons. The highest BCUT2D eigenvalue weighted by molar-refractivity contribution is 7.90. The molecular formula is C60H71N9O20S2. The fraction of sp³-hybridized carbons (Fsp3) is 0.417. The van der Waals surface area contributed by atoms with Gasteiger partial charge in [0.25, 0.3) is 18.2 Å². The predicted molar refractivity (Wildman–Crippen MR) is 324 cm³/mol. The Morgan fingerprint density at radius 3 is 2.07 bits per heavy atom. The van der Waals surface area contributed by atoms with Crippen LogP contribution in [0.4, 0.5) is 0 Å². The van der Waals surface area contributed by atoms with Gasteiger partial charge in [-0.15, -0.1) is 11.3 Å². The van der Waals surface area contributed by atoms with Crippen LogP contribution in [0.15, 0.2) is 97.2 Å². The number of fused-ring (bicyclic) bond motifs is 2. The van der Waals surface area contributed by atoms with Crippen LogP contribution in [0.25, 0.3) is 32.1 Å². The van der Waals surface area contributed by atoms with Crippen LogP contribution in [0, 0.1) is 5.92 Å². The number of nitrogens with zero attached hydrogens (tertiary/aromatic N) is 3. The van der Waals surface area contributed by atoms with Crippen LogP contribution < -0.4 is 41.2 Å². The molecule has 29 nitrogen and oxygen atoms in total. The van der Waals surface area contributed by atoms with Crippen molar-refractivity contribution in [3.63, 3.8) is 0 Å². The van der Waals surface area contributed by atoms with Gasteiger partial charge in [-0.25, -0.2) is 10.2 Å². The number of nitrogens with two attached hydrogens (primary N) is 1. The molecule has 4 heterocycles. The van der Waals surface area contributed by atoms with E-state index in [-0.39, 0.29) is 29.2 Å². The molecule has 15 N–H and O–H groups in total. The number of primary amides is 1. The number of aromatic nitrogens is 1. The Bertz CT molecular complexity index is 3400. The largest absolute Gasteiger partial charge is 0.504 e. The Morgan fingerprint density at radius 1 is 0.769 bits per heavy atom. The van der Waals surface area contributed by atoms with Crippen LogP contribution in [0.3, 0.4) is 0 Å². The summed E-state index contributed by atoms with van der Waals surface area (Å²) in [6.07, 6.45) is -11.0.